The lowest BCUT2D eigenvalue weighted by atomic mass is 10.0. The van der Waals surface area contributed by atoms with E-state index >= 15 is 0 Å². The summed E-state index contributed by atoms with van der Waals surface area (Å²) in [4.78, 5) is 12.4. The van der Waals surface area contributed by atoms with Crippen molar-refractivity contribution in [2.24, 2.45) is 11.7 Å². The molecule has 0 radical (unpaired) electrons. The van der Waals surface area contributed by atoms with Crippen LogP contribution in [0.25, 0.3) is 0 Å². The fourth-order valence-electron chi connectivity index (χ4n) is 2.06. The van der Waals surface area contributed by atoms with Gasteiger partial charge in [-0.15, -0.1) is 0 Å². The molecule has 0 spiro atoms. The molecule has 1 fully saturated rings. The zero-order valence-corrected chi connectivity index (χ0v) is 12.1. The third kappa shape index (κ3) is 3.91. The summed E-state index contributed by atoms with van der Waals surface area (Å²) in [5.41, 5.74) is 6.04. The number of ether oxygens (including phenoxy) is 2. The van der Waals surface area contributed by atoms with E-state index in [1.807, 2.05) is 6.92 Å². The molecule has 2 rings (SSSR count). The molecule has 1 amide bonds. The van der Waals surface area contributed by atoms with E-state index in [-0.39, 0.29) is 29.5 Å². The molecule has 0 aromatic heterocycles. The van der Waals surface area contributed by atoms with E-state index in [1.54, 1.807) is 24.3 Å². The normalized spacial score (nSPS) is 21.4. The maximum atomic E-state index is 12.1. The number of anilines is 1. The van der Waals surface area contributed by atoms with Gasteiger partial charge < -0.3 is 20.5 Å². The van der Waals surface area contributed by atoms with E-state index in [2.05, 4.69) is 5.32 Å². The van der Waals surface area contributed by atoms with Gasteiger partial charge in [0.15, 0.2) is 0 Å². The van der Waals surface area contributed by atoms with E-state index in [0.717, 1.165) is 6.42 Å². The Morgan fingerprint density at radius 3 is 3.05 bits per heavy atom. The third-order valence-electron chi connectivity index (χ3n) is 3.13. The van der Waals surface area contributed by atoms with Crippen LogP contribution in [0.15, 0.2) is 24.3 Å². The number of nitrogens with one attached hydrogen (secondary N) is 1. The van der Waals surface area contributed by atoms with Crippen molar-refractivity contribution in [2.45, 2.75) is 19.4 Å². The number of carbonyl (C=O) groups excluding carboxylic acids is 1. The first-order chi connectivity index (χ1) is 9.56. The van der Waals surface area contributed by atoms with Crippen LogP contribution in [0.2, 0.25) is 0 Å². The van der Waals surface area contributed by atoms with Crippen LogP contribution >= 0.6 is 12.2 Å². The first-order valence-electron chi connectivity index (χ1n) is 6.50. The Hall–Kier alpha value is -1.66. The Morgan fingerprint density at radius 1 is 1.60 bits per heavy atom. The summed E-state index contributed by atoms with van der Waals surface area (Å²) in [6.45, 7) is 2.82. The van der Waals surface area contributed by atoms with Crippen molar-refractivity contribution in [3.8, 4) is 5.75 Å². The number of amides is 1. The number of nitrogens with two attached hydrogens (primary N) is 1. The largest absolute Gasteiger partial charge is 0.486 e. The second-order valence-electron chi connectivity index (χ2n) is 4.83. The lowest BCUT2D eigenvalue weighted by Crippen LogP contribution is -2.31. The van der Waals surface area contributed by atoms with Gasteiger partial charge in [-0.1, -0.05) is 25.2 Å². The van der Waals surface area contributed by atoms with E-state index in [1.165, 1.54) is 0 Å². The van der Waals surface area contributed by atoms with Crippen molar-refractivity contribution in [1.82, 2.24) is 0 Å². The molecule has 5 nitrogen and oxygen atoms in total. The summed E-state index contributed by atoms with van der Waals surface area (Å²) in [6, 6.07) is 7.10. The van der Waals surface area contributed by atoms with Gasteiger partial charge in [0.25, 0.3) is 5.91 Å². The highest BCUT2D eigenvalue weighted by Gasteiger charge is 2.30. The molecule has 1 aliphatic rings. The van der Waals surface area contributed by atoms with Crippen LogP contribution in [0, 0.1) is 5.92 Å². The summed E-state index contributed by atoms with van der Waals surface area (Å²) in [6.07, 6.45) is 0.533. The minimum Gasteiger partial charge on any atom is -0.486 e. The fourth-order valence-corrected chi connectivity index (χ4v) is 2.12. The molecule has 108 valence electrons. The average Bonchev–Trinajstić information content (AvgIpc) is 2.83. The molecule has 1 aromatic rings. The maximum absolute atomic E-state index is 12.1. The zero-order chi connectivity index (χ0) is 14.5. The molecule has 0 saturated carbocycles. The highest BCUT2D eigenvalue weighted by Crippen LogP contribution is 2.23. The van der Waals surface area contributed by atoms with E-state index in [0.29, 0.717) is 18.0 Å². The Balaban J connectivity index is 1.96. The fraction of sp³-hybridized carbons (Fsp3) is 0.429. The number of rotatable bonds is 5. The Bertz CT molecular complexity index is 507. The summed E-state index contributed by atoms with van der Waals surface area (Å²) >= 11 is 4.75. The quantitative estimate of drug-likeness (QED) is 0.809. The molecule has 2 unspecified atom stereocenters. The topological polar surface area (TPSA) is 73.6 Å². The van der Waals surface area contributed by atoms with Crippen molar-refractivity contribution >= 4 is 28.8 Å². The van der Waals surface area contributed by atoms with Crippen LogP contribution in [0.4, 0.5) is 5.69 Å². The van der Waals surface area contributed by atoms with Crippen molar-refractivity contribution in [3.63, 3.8) is 0 Å². The highest BCUT2D eigenvalue weighted by molar-refractivity contribution is 7.80. The van der Waals surface area contributed by atoms with Crippen LogP contribution in [-0.4, -0.2) is 30.2 Å². The highest BCUT2D eigenvalue weighted by atomic mass is 32.1. The molecule has 1 heterocycles. The van der Waals surface area contributed by atoms with Crippen molar-refractivity contribution < 1.29 is 14.3 Å². The Labute approximate surface area is 123 Å². The van der Waals surface area contributed by atoms with Gasteiger partial charge in [-0.25, -0.2) is 0 Å². The van der Waals surface area contributed by atoms with Gasteiger partial charge in [0.1, 0.15) is 23.4 Å². The lowest BCUT2D eigenvalue weighted by molar-refractivity contribution is -0.126. The van der Waals surface area contributed by atoms with Gasteiger partial charge >= 0.3 is 0 Å². The zero-order valence-electron chi connectivity index (χ0n) is 11.3. The molecule has 1 aromatic carbocycles. The summed E-state index contributed by atoms with van der Waals surface area (Å²) in [5.74, 6) is 0.724. The van der Waals surface area contributed by atoms with Gasteiger partial charge in [-0.2, -0.15) is 0 Å². The Kier molecular flexibility index (Phi) is 4.92. The van der Waals surface area contributed by atoms with Crippen LogP contribution in [0.3, 0.4) is 0 Å². The minimum atomic E-state index is -0.379. The molecule has 0 bridgehead atoms. The number of benzene rings is 1. The van der Waals surface area contributed by atoms with Crippen LogP contribution in [-0.2, 0) is 9.53 Å². The van der Waals surface area contributed by atoms with Gasteiger partial charge in [-0.3, -0.25) is 4.79 Å². The predicted molar refractivity (Wildman–Crippen MR) is 80.9 cm³/mol. The van der Waals surface area contributed by atoms with Crippen LogP contribution in [0.5, 0.6) is 5.75 Å². The molecule has 3 N–H and O–H groups in total. The third-order valence-corrected chi connectivity index (χ3v) is 3.25. The summed E-state index contributed by atoms with van der Waals surface area (Å²) < 4.78 is 10.8. The Morgan fingerprint density at radius 2 is 2.40 bits per heavy atom. The van der Waals surface area contributed by atoms with E-state index in [9.17, 15) is 4.79 Å². The molecule has 0 aliphatic carbocycles. The molecule has 2 atom stereocenters. The molecular formula is C14H18N2O3S. The number of hydrogen-bond acceptors (Lipinski definition) is 4. The SMILES string of the molecule is CC1CCOC1C(=O)Nc1cccc(OCC(N)=S)c1. The standard InChI is InChI=1S/C14H18N2O3S/c1-9-5-6-18-13(9)14(17)16-10-3-2-4-11(7-10)19-8-12(15)20/h2-4,7,9,13H,5-6,8H2,1H3,(H2,15,20)(H,16,17). The molecule has 6 heteroatoms. The van der Waals surface area contributed by atoms with Gasteiger partial charge in [0, 0.05) is 18.4 Å². The molecule has 20 heavy (non-hydrogen) atoms. The average molecular weight is 294 g/mol. The number of thiocarbonyl (C=S) groups is 1. The van der Waals surface area contributed by atoms with Crippen molar-refractivity contribution in [1.29, 1.82) is 0 Å². The minimum absolute atomic E-state index is 0.124. The van der Waals surface area contributed by atoms with Crippen molar-refractivity contribution in [2.75, 3.05) is 18.5 Å². The molecular weight excluding hydrogens is 276 g/mol. The summed E-state index contributed by atoms with van der Waals surface area (Å²) in [7, 11) is 0. The number of carbonyl (C=O) groups is 1. The second kappa shape index (κ2) is 6.67. The first-order valence-corrected chi connectivity index (χ1v) is 6.90. The summed E-state index contributed by atoms with van der Waals surface area (Å²) in [5, 5.41) is 2.83. The van der Waals surface area contributed by atoms with Gasteiger partial charge in [-0.05, 0) is 24.5 Å². The predicted octanol–water partition coefficient (Wildman–Crippen LogP) is 1.71. The van der Waals surface area contributed by atoms with E-state index < -0.39 is 0 Å². The van der Waals surface area contributed by atoms with E-state index in [4.69, 9.17) is 27.4 Å². The number of hydrogen-bond donors (Lipinski definition) is 2. The second-order valence-corrected chi connectivity index (χ2v) is 5.35. The smallest absolute Gasteiger partial charge is 0.253 e. The first kappa shape index (κ1) is 14.7. The molecule has 1 saturated heterocycles. The molecule has 1 aliphatic heterocycles. The van der Waals surface area contributed by atoms with Gasteiger partial charge in [0.05, 0.1) is 0 Å². The van der Waals surface area contributed by atoms with Crippen LogP contribution < -0.4 is 15.8 Å². The van der Waals surface area contributed by atoms with Crippen LogP contribution in [0.1, 0.15) is 13.3 Å². The lowest BCUT2D eigenvalue weighted by Gasteiger charge is -2.15. The monoisotopic (exact) mass is 294 g/mol. The van der Waals surface area contributed by atoms with Crippen molar-refractivity contribution in [3.05, 3.63) is 24.3 Å². The maximum Gasteiger partial charge on any atom is 0.253 e. The van der Waals surface area contributed by atoms with Gasteiger partial charge in [0.2, 0.25) is 0 Å².